The van der Waals surface area contributed by atoms with E-state index in [9.17, 15) is 9.18 Å². The Balaban J connectivity index is 1.62. The van der Waals surface area contributed by atoms with Gasteiger partial charge in [-0.05, 0) is 47.2 Å². The minimum Gasteiger partial charge on any atom is -0.378 e. The van der Waals surface area contributed by atoms with Crippen LogP contribution in [0.4, 0.5) is 4.39 Å². The molecule has 1 aliphatic heterocycles. The number of thiophene rings is 1. The lowest BCUT2D eigenvalue weighted by molar-refractivity contribution is 0.0306. The average Bonchev–Trinajstić information content (AvgIpc) is 3.05. The number of hydrogen-bond donors (Lipinski definition) is 0. The summed E-state index contributed by atoms with van der Waals surface area (Å²) in [5.41, 5.74) is 2.25. The highest BCUT2D eigenvalue weighted by Gasteiger charge is 2.20. The van der Waals surface area contributed by atoms with Gasteiger partial charge in [0, 0.05) is 24.2 Å². The molecule has 0 bridgehead atoms. The summed E-state index contributed by atoms with van der Waals surface area (Å²) >= 11 is 1.53. The van der Waals surface area contributed by atoms with Gasteiger partial charge in [-0.2, -0.15) is 0 Å². The topological polar surface area (TPSA) is 29.5 Å². The molecule has 1 aromatic heterocycles. The van der Waals surface area contributed by atoms with Gasteiger partial charge in [0.1, 0.15) is 5.83 Å². The molecule has 1 amide bonds. The molecule has 0 atom stereocenters. The van der Waals surface area contributed by atoms with Gasteiger partial charge in [-0.15, -0.1) is 11.3 Å². The Kier molecular flexibility index (Phi) is 4.21. The first kappa shape index (κ1) is 15.5. The number of nitrogens with zero attached hydrogens (tertiary/aromatic N) is 1. The Morgan fingerprint density at radius 2 is 1.96 bits per heavy atom. The number of benzene rings is 1. The van der Waals surface area contributed by atoms with Gasteiger partial charge < -0.3 is 9.64 Å². The van der Waals surface area contributed by atoms with Crippen molar-refractivity contribution in [2.75, 3.05) is 26.3 Å². The second kappa shape index (κ2) is 6.49. The fraction of sp³-hybridized carbons (Fsp3) is 0.316. The normalized spacial score (nSPS) is 18.5. The Bertz CT molecular complexity index is 846. The van der Waals surface area contributed by atoms with Crippen LogP contribution < -0.4 is 0 Å². The van der Waals surface area contributed by atoms with E-state index in [1.807, 2.05) is 17.0 Å². The Hall–Kier alpha value is -1.98. The number of fused-ring (bicyclic) bond motifs is 1. The van der Waals surface area contributed by atoms with Crippen LogP contribution in [-0.2, 0) is 4.74 Å². The maximum atomic E-state index is 13.2. The molecule has 0 radical (unpaired) electrons. The number of morpholine rings is 1. The van der Waals surface area contributed by atoms with Crippen molar-refractivity contribution >= 4 is 32.9 Å². The maximum absolute atomic E-state index is 13.2. The van der Waals surface area contributed by atoms with Crippen molar-refractivity contribution < 1.29 is 13.9 Å². The van der Waals surface area contributed by atoms with E-state index in [2.05, 4.69) is 18.2 Å². The smallest absolute Gasteiger partial charge is 0.264 e. The van der Waals surface area contributed by atoms with Crippen molar-refractivity contribution in [1.29, 1.82) is 0 Å². The fourth-order valence-corrected chi connectivity index (χ4v) is 4.13. The second-order valence-electron chi connectivity index (χ2n) is 6.07. The lowest BCUT2D eigenvalue weighted by Gasteiger charge is -2.26. The summed E-state index contributed by atoms with van der Waals surface area (Å²) in [5, 5.41) is 1.07. The Labute approximate surface area is 144 Å². The first-order valence-corrected chi connectivity index (χ1v) is 8.98. The van der Waals surface area contributed by atoms with Gasteiger partial charge in [0.2, 0.25) is 0 Å². The van der Waals surface area contributed by atoms with E-state index in [0.29, 0.717) is 32.7 Å². The zero-order valence-electron chi connectivity index (χ0n) is 13.3. The van der Waals surface area contributed by atoms with Crippen LogP contribution in [0.5, 0.6) is 0 Å². The molecule has 4 rings (SSSR count). The minimum atomic E-state index is -0.0613. The molecule has 3 nitrogen and oxygen atoms in total. The summed E-state index contributed by atoms with van der Waals surface area (Å²) in [6.07, 6.45) is 4.59. The van der Waals surface area contributed by atoms with Gasteiger partial charge in [-0.25, -0.2) is 4.39 Å². The molecule has 2 aliphatic rings. The van der Waals surface area contributed by atoms with Gasteiger partial charge in [0.15, 0.2) is 0 Å². The number of rotatable bonds is 2. The molecular formula is C19H18FNO2S. The summed E-state index contributed by atoms with van der Waals surface area (Å²) in [6, 6.07) is 8.19. The largest absolute Gasteiger partial charge is 0.378 e. The number of hydrogen-bond acceptors (Lipinski definition) is 3. The van der Waals surface area contributed by atoms with E-state index in [-0.39, 0.29) is 11.7 Å². The summed E-state index contributed by atoms with van der Waals surface area (Å²) in [5.74, 6) is 0.0247. The monoisotopic (exact) mass is 343 g/mol. The van der Waals surface area contributed by atoms with Crippen molar-refractivity contribution in [2.24, 2.45) is 0 Å². The SMILES string of the molecule is O=C(c1cc2cc(C3=CC=C(F)CC3)ccc2s1)N1CCOCC1. The van der Waals surface area contributed by atoms with Crippen LogP contribution >= 0.6 is 11.3 Å². The van der Waals surface area contributed by atoms with Crippen LogP contribution in [0.1, 0.15) is 28.1 Å². The van der Waals surface area contributed by atoms with Crippen LogP contribution in [0.2, 0.25) is 0 Å². The fourth-order valence-electron chi connectivity index (χ4n) is 3.12. The molecule has 1 saturated heterocycles. The second-order valence-corrected chi connectivity index (χ2v) is 7.16. The van der Waals surface area contributed by atoms with E-state index in [1.165, 1.54) is 11.3 Å². The third-order valence-corrected chi connectivity index (χ3v) is 5.60. The summed E-state index contributed by atoms with van der Waals surface area (Å²) in [7, 11) is 0. The van der Waals surface area contributed by atoms with E-state index >= 15 is 0 Å². The summed E-state index contributed by atoms with van der Waals surface area (Å²) < 4.78 is 19.6. The van der Waals surface area contributed by atoms with Crippen LogP contribution in [0.15, 0.2) is 42.2 Å². The minimum absolute atomic E-state index is 0.0613. The lowest BCUT2D eigenvalue weighted by atomic mass is 9.96. The van der Waals surface area contributed by atoms with Crippen molar-refractivity contribution in [1.82, 2.24) is 4.90 Å². The molecule has 1 fully saturated rings. The van der Waals surface area contributed by atoms with Crippen molar-refractivity contribution in [3.05, 3.63) is 52.7 Å². The van der Waals surface area contributed by atoms with Gasteiger partial charge in [-0.3, -0.25) is 4.79 Å². The number of allylic oxidation sites excluding steroid dienone is 4. The van der Waals surface area contributed by atoms with Crippen LogP contribution in [0.25, 0.3) is 15.7 Å². The Morgan fingerprint density at radius 1 is 1.12 bits per heavy atom. The molecule has 124 valence electrons. The number of amides is 1. The highest BCUT2D eigenvalue weighted by atomic mass is 32.1. The summed E-state index contributed by atoms with van der Waals surface area (Å²) in [4.78, 5) is 15.2. The van der Waals surface area contributed by atoms with E-state index in [1.54, 1.807) is 6.08 Å². The number of halogens is 1. The standard InChI is InChI=1S/C19H18FNO2S/c20-16-4-1-13(2-5-16)14-3-6-17-15(11-14)12-18(24-17)19(22)21-7-9-23-10-8-21/h1,3-4,6,11-12H,2,5,7-10H2. The Morgan fingerprint density at radius 3 is 2.71 bits per heavy atom. The maximum Gasteiger partial charge on any atom is 0.264 e. The number of carbonyl (C=O) groups excluding carboxylic acids is 1. The molecule has 1 aliphatic carbocycles. The van der Waals surface area contributed by atoms with E-state index < -0.39 is 0 Å². The molecule has 0 unspecified atom stereocenters. The third kappa shape index (κ3) is 3.01. The van der Waals surface area contributed by atoms with Gasteiger partial charge in [-0.1, -0.05) is 12.1 Å². The molecule has 1 aromatic carbocycles. The molecule has 2 heterocycles. The molecule has 24 heavy (non-hydrogen) atoms. The third-order valence-electron chi connectivity index (χ3n) is 4.49. The first-order chi connectivity index (χ1) is 11.7. The molecule has 2 aromatic rings. The van der Waals surface area contributed by atoms with E-state index in [4.69, 9.17) is 4.74 Å². The zero-order chi connectivity index (χ0) is 16.5. The van der Waals surface area contributed by atoms with E-state index in [0.717, 1.165) is 32.5 Å². The number of carbonyl (C=O) groups is 1. The van der Waals surface area contributed by atoms with Gasteiger partial charge in [0.25, 0.3) is 5.91 Å². The quantitative estimate of drug-likeness (QED) is 0.809. The molecule has 0 saturated carbocycles. The van der Waals surface area contributed by atoms with Crippen molar-refractivity contribution in [3.8, 4) is 0 Å². The van der Waals surface area contributed by atoms with Crippen LogP contribution in [-0.4, -0.2) is 37.1 Å². The molecule has 0 N–H and O–H groups in total. The highest BCUT2D eigenvalue weighted by molar-refractivity contribution is 7.20. The van der Waals surface area contributed by atoms with Crippen LogP contribution in [0, 0.1) is 0 Å². The average molecular weight is 343 g/mol. The zero-order valence-corrected chi connectivity index (χ0v) is 14.1. The number of ether oxygens (including phenoxy) is 1. The lowest BCUT2D eigenvalue weighted by Crippen LogP contribution is -2.40. The highest BCUT2D eigenvalue weighted by Crippen LogP contribution is 2.32. The van der Waals surface area contributed by atoms with Crippen molar-refractivity contribution in [2.45, 2.75) is 12.8 Å². The van der Waals surface area contributed by atoms with Crippen molar-refractivity contribution in [3.63, 3.8) is 0 Å². The molecular weight excluding hydrogens is 325 g/mol. The first-order valence-electron chi connectivity index (χ1n) is 8.17. The molecule has 5 heteroatoms. The van der Waals surface area contributed by atoms with Gasteiger partial charge >= 0.3 is 0 Å². The predicted octanol–water partition coefficient (Wildman–Crippen LogP) is 4.40. The molecule has 0 spiro atoms. The van der Waals surface area contributed by atoms with Crippen LogP contribution in [0.3, 0.4) is 0 Å². The van der Waals surface area contributed by atoms with Gasteiger partial charge in [0.05, 0.1) is 18.1 Å². The predicted molar refractivity (Wildman–Crippen MR) is 94.9 cm³/mol. The summed E-state index contributed by atoms with van der Waals surface area (Å²) in [6.45, 7) is 2.53.